The molecule has 4 nitrogen and oxygen atoms in total. The van der Waals surface area contributed by atoms with E-state index >= 15 is 0 Å². The summed E-state index contributed by atoms with van der Waals surface area (Å²) in [7, 11) is 0. The molecular weight excluding hydrogens is 420 g/mol. The van der Waals surface area contributed by atoms with Gasteiger partial charge in [-0.2, -0.15) is 0 Å². The molecule has 2 aromatic rings. The maximum absolute atomic E-state index is 13.5. The van der Waals surface area contributed by atoms with Gasteiger partial charge in [-0.05, 0) is 42.7 Å². The van der Waals surface area contributed by atoms with Crippen molar-refractivity contribution in [1.82, 2.24) is 9.80 Å². The normalized spacial score (nSPS) is 17.2. The predicted molar refractivity (Wildman–Crippen MR) is 138 cm³/mol. The van der Waals surface area contributed by atoms with Crippen LogP contribution in [0, 0.1) is 5.92 Å². The van der Waals surface area contributed by atoms with Crippen LogP contribution in [-0.4, -0.2) is 41.2 Å². The zero-order chi connectivity index (χ0) is 23.8. The molecule has 2 amide bonds. The molecule has 2 aliphatic heterocycles. The van der Waals surface area contributed by atoms with Gasteiger partial charge in [-0.3, -0.25) is 14.5 Å². The maximum Gasteiger partial charge on any atom is 0.277 e. The number of carbonyl (C=O) groups is 2. The lowest BCUT2D eigenvalue weighted by Crippen LogP contribution is -2.39. The van der Waals surface area contributed by atoms with E-state index in [-0.39, 0.29) is 11.8 Å². The molecular formula is C30H38N2O2. The molecule has 0 radical (unpaired) electrons. The molecule has 0 N–H and O–H groups in total. The third kappa shape index (κ3) is 5.78. The van der Waals surface area contributed by atoms with Gasteiger partial charge in [0.2, 0.25) is 0 Å². The Labute approximate surface area is 204 Å². The quantitative estimate of drug-likeness (QED) is 0.303. The summed E-state index contributed by atoms with van der Waals surface area (Å²) in [5.74, 6) is 0.399. The van der Waals surface area contributed by atoms with E-state index in [2.05, 4.69) is 42.2 Å². The Hall–Kier alpha value is -2.88. The molecule has 0 saturated carbocycles. The molecule has 34 heavy (non-hydrogen) atoms. The number of unbranched alkanes of at least 4 members (excludes halogenated alkanes) is 5. The molecule has 1 saturated heterocycles. The first-order valence-corrected chi connectivity index (χ1v) is 13.1. The fraction of sp³-hybridized carbons (Fsp3) is 0.467. The van der Waals surface area contributed by atoms with Crippen LogP contribution < -0.4 is 0 Å². The molecule has 0 atom stereocenters. The molecule has 0 aromatic heterocycles. The average molecular weight is 459 g/mol. The second-order valence-electron chi connectivity index (χ2n) is 9.74. The topological polar surface area (TPSA) is 40.6 Å². The lowest BCUT2D eigenvalue weighted by molar-refractivity contribution is -0.137. The Morgan fingerprint density at radius 1 is 0.765 bits per heavy atom. The van der Waals surface area contributed by atoms with Crippen LogP contribution in [0.25, 0.3) is 5.57 Å². The van der Waals surface area contributed by atoms with Crippen molar-refractivity contribution in [3.63, 3.8) is 0 Å². The van der Waals surface area contributed by atoms with Crippen molar-refractivity contribution >= 4 is 17.4 Å². The van der Waals surface area contributed by atoms with E-state index in [0.717, 1.165) is 50.8 Å². The second-order valence-corrected chi connectivity index (χ2v) is 9.74. The summed E-state index contributed by atoms with van der Waals surface area (Å²) < 4.78 is 0. The highest BCUT2D eigenvalue weighted by molar-refractivity contribution is 6.35. The van der Waals surface area contributed by atoms with Gasteiger partial charge in [0.25, 0.3) is 11.8 Å². The van der Waals surface area contributed by atoms with Crippen molar-refractivity contribution in [2.24, 2.45) is 5.92 Å². The van der Waals surface area contributed by atoms with Crippen LogP contribution in [-0.2, 0) is 16.0 Å². The standard InChI is InChI=1S/C30H38N2O2/c1-2-3-4-5-6-13-20-32-29(33)27(26-16-11-8-12-17-26)28(30(32)34)31-21-18-25(19-22-31)23-24-14-9-7-10-15-24/h7-12,14-17,25H,2-6,13,18-23H2,1H3. The zero-order valence-corrected chi connectivity index (χ0v) is 20.5. The van der Waals surface area contributed by atoms with Crippen LogP contribution in [0.15, 0.2) is 66.4 Å². The Balaban J connectivity index is 1.45. The summed E-state index contributed by atoms with van der Waals surface area (Å²) in [6.07, 6.45) is 9.99. The van der Waals surface area contributed by atoms with E-state index in [1.165, 1.54) is 36.1 Å². The number of imide groups is 1. The van der Waals surface area contributed by atoms with Crippen LogP contribution in [0.3, 0.4) is 0 Å². The number of benzene rings is 2. The first-order valence-electron chi connectivity index (χ1n) is 13.1. The predicted octanol–water partition coefficient (Wildman–Crippen LogP) is 6.08. The third-order valence-electron chi connectivity index (χ3n) is 7.24. The summed E-state index contributed by atoms with van der Waals surface area (Å²) in [4.78, 5) is 30.7. The Morgan fingerprint density at radius 2 is 1.38 bits per heavy atom. The van der Waals surface area contributed by atoms with Gasteiger partial charge in [0.1, 0.15) is 5.70 Å². The van der Waals surface area contributed by atoms with Crippen molar-refractivity contribution in [2.75, 3.05) is 19.6 Å². The van der Waals surface area contributed by atoms with Crippen molar-refractivity contribution in [2.45, 2.75) is 64.7 Å². The SMILES string of the molecule is CCCCCCCCN1C(=O)C(c2ccccc2)=C(N2CCC(Cc3ccccc3)CC2)C1=O. The van der Waals surface area contributed by atoms with Gasteiger partial charge in [0.05, 0.1) is 5.57 Å². The number of nitrogens with zero attached hydrogens (tertiary/aromatic N) is 2. The summed E-state index contributed by atoms with van der Waals surface area (Å²) in [6, 6.07) is 20.4. The van der Waals surface area contributed by atoms with Crippen molar-refractivity contribution in [3.8, 4) is 0 Å². The first-order chi connectivity index (χ1) is 16.7. The third-order valence-corrected chi connectivity index (χ3v) is 7.24. The highest BCUT2D eigenvalue weighted by Gasteiger charge is 2.41. The number of amides is 2. The molecule has 4 rings (SSSR count). The van der Waals surface area contributed by atoms with Crippen LogP contribution in [0.1, 0.15) is 69.4 Å². The highest BCUT2D eigenvalue weighted by atomic mass is 16.2. The minimum Gasteiger partial charge on any atom is -0.366 e. The van der Waals surface area contributed by atoms with Crippen molar-refractivity contribution in [1.29, 1.82) is 0 Å². The van der Waals surface area contributed by atoms with Crippen LogP contribution >= 0.6 is 0 Å². The molecule has 180 valence electrons. The van der Waals surface area contributed by atoms with E-state index in [1.54, 1.807) is 0 Å². The molecule has 1 fully saturated rings. The monoisotopic (exact) mass is 458 g/mol. The lowest BCUT2D eigenvalue weighted by Gasteiger charge is -2.34. The Morgan fingerprint density at radius 3 is 2.06 bits per heavy atom. The molecule has 0 bridgehead atoms. The summed E-state index contributed by atoms with van der Waals surface area (Å²) in [5, 5.41) is 0. The van der Waals surface area contributed by atoms with E-state index in [0.29, 0.717) is 23.7 Å². The largest absolute Gasteiger partial charge is 0.366 e. The smallest absolute Gasteiger partial charge is 0.277 e. The second kappa shape index (κ2) is 12.0. The zero-order valence-electron chi connectivity index (χ0n) is 20.5. The highest BCUT2D eigenvalue weighted by Crippen LogP contribution is 2.34. The minimum absolute atomic E-state index is 0.0982. The number of rotatable bonds is 11. The van der Waals surface area contributed by atoms with Crippen LogP contribution in [0.5, 0.6) is 0 Å². The number of piperidine rings is 1. The van der Waals surface area contributed by atoms with Gasteiger partial charge in [0.15, 0.2) is 0 Å². The molecule has 0 aliphatic carbocycles. The van der Waals surface area contributed by atoms with E-state index in [9.17, 15) is 9.59 Å². The number of likely N-dealkylation sites (tertiary alicyclic amines) is 1. The fourth-order valence-corrected chi connectivity index (χ4v) is 5.28. The van der Waals surface area contributed by atoms with Gasteiger partial charge < -0.3 is 4.90 Å². The molecule has 4 heteroatoms. The van der Waals surface area contributed by atoms with Crippen molar-refractivity contribution < 1.29 is 9.59 Å². The molecule has 0 unspecified atom stereocenters. The van der Waals surface area contributed by atoms with Gasteiger partial charge >= 0.3 is 0 Å². The maximum atomic E-state index is 13.5. The van der Waals surface area contributed by atoms with Crippen LogP contribution in [0.4, 0.5) is 0 Å². The molecule has 0 spiro atoms. The van der Waals surface area contributed by atoms with E-state index < -0.39 is 0 Å². The Bertz CT molecular complexity index is 975. The summed E-state index contributed by atoms with van der Waals surface area (Å²) in [6.45, 7) is 4.39. The molecule has 2 aliphatic rings. The van der Waals surface area contributed by atoms with E-state index in [1.807, 2.05) is 30.3 Å². The molecule has 2 heterocycles. The number of hydrogen-bond donors (Lipinski definition) is 0. The molecule has 2 aromatic carbocycles. The van der Waals surface area contributed by atoms with Gasteiger partial charge in [-0.1, -0.05) is 99.7 Å². The van der Waals surface area contributed by atoms with E-state index in [4.69, 9.17) is 0 Å². The first kappa shape index (κ1) is 24.3. The number of carbonyl (C=O) groups excluding carboxylic acids is 2. The average Bonchev–Trinajstić information content (AvgIpc) is 3.12. The summed E-state index contributed by atoms with van der Waals surface area (Å²) in [5.41, 5.74) is 3.45. The van der Waals surface area contributed by atoms with Gasteiger partial charge in [-0.15, -0.1) is 0 Å². The number of hydrogen-bond acceptors (Lipinski definition) is 3. The van der Waals surface area contributed by atoms with Crippen LogP contribution in [0.2, 0.25) is 0 Å². The fourth-order valence-electron chi connectivity index (χ4n) is 5.28. The minimum atomic E-state index is -0.119. The summed E-state index contributed by atoms with van der Waals surface area (Å²) >= 11 is 0. The lowest BCUT2D eigenvalue weighted by atomic mass is 9.89. The Kier molecular flexibility index (Phi) is 8.56. The van der Waals surface area contributed by atoms with Gasteiger partial charge in [0, 0.05) is 19.6 Å². The van der Waals surface area contributed by atoms with Gasteiger partial charge in [-0.25, -0.2) is 0 Å². The van der Waals surface area contributed by atoms with Crippen molar-refractivity contribution in [3.05, 3.63) is 77.5 Å².